The van der Waals surface area contributed by atoms with Crippen LogP contribution in [0.1, 0.15) is 37.6 Å². The number of amides is 1. The van der Waals surface area contributed by atoms with Gasteiger partial charge >= 0.3 is 0 Å². The van der Waals surface area contributed by atoms with Crippen LogP contribution < -0.4 is 15.0 Å². The number of carbonyl (C=O) groups is 1. The minimum Gasteiger partial charge on any atom is -0.492 e. The molecule has 1 amide bonds. The smallest absolute Gasteiger partial charge is 0.263 e. The van der Waals surface area contributed by atoms with E-state index in [-0.39, 0.29) is 10.6 Å². The van der Waals surface area contributed by atoms with E-state index in [1.807, 2.05) is 31.2 Å². The van der Waals surface area contributed by atoms with Gasteiger partial charge in [0.05, 0.1) is 17.9 Å². The maximum Gasteiger partial charge on any atom is 0.263 e. The molecular formula is C22H33N5O4S. The van der Waals surface area contributed by atoms with Crippen molar-refractivity contribution in [2.75, 3.05) is 44.2 Å². The first-order valence-electron chi connectivity index (χ1n) is 11.0. The summed E-state index contributed by atoms with van der Waals surface area (Å²) in [5.74, 6) is 0.814. The molecule has 1 aromatic carbocycles. The van der Waals surface area contributed by atoms with E-state index < -0.39 is 15.9 Å². The van der Waals surface area contributed by atoms with Gasteiger partial charge in [-0.25, -0.2) is 8.42 Å². The summed E-state index contributed by atoms with van der Waals surface area (Å²) in [6.07, 6.45) is 2.28. The molecule has 2 aromatic rings. The predicted octanol–water partition coefficient (Wildman–Crippen LogP) is 2.11. The number of piperazine rings is 1. The highest BCUT2D eigenvalue weighted by molar-refractivity contribution is 7.89. The summed E-state index contributed by atoms with van der Waals surface area (Å²) in [7, 11) is -2.28. The van der Waals surface area contributed by atoms with Crippen molar-refractivity contribution in [1.82, 2.24) is 19.4 Å². The normalized spacial score (nSPS) is 15.2. The standard InChI is InChI=1S/C22H33N5O4S/c1-5-31-20-9-7-6-8-19(20)26-12-14-27(15-13-26)32(29,30)22-18(16-25(4)24-22)21(28)23-11-10-17(2)3/h6-9,16-17H,5,10-15H2,1-4H3,(H,23,28). The third-order valence-electron chi connectivity index (χ3n) is 5.38. The third kappa shape index (κ3) is 5.42. The summed E-state index contributed by atoms with van der Waals surface area (Å²) in [4.78, 5) is 14.8. The second-order valence-corrected chi connectivity index (χ2v) is 10.1. The molecule has 32 heavy (non-hydrogen) atoms. The molecule has 2 heterocycles. The quantitative estimate of drug-likeness (QED) is 0.612. The number of aryl methyl sites for hydroxylation is 1. The highest BCUT2D eigenvalue weighted by Crippen LogP contribution is 2.30. The van der Waals surface area contributed by atoms with Gasteiger partial charge in [-0.2, -0.15) is 9.40 Å². The lowest BCUT2D eigenvalue weighted by Crippen LogP contribution is -2.49. The maximum absolute atomic E-state index is 13.3. The van der Waals surface area contributed by atoms with E-state index in [1.54, 1.807) is 7.05 Å². The van der Waals surface area contributed by atoms with Gasteiger partial charge in [-0.1, -0.05) is 26.0 Å². The highest BCUT2D eigenvalue weighted by Gasteiger charge is 2.34. The lowest BCUT2D eigenvalue weighted by Gasteiger charge is -2.35. The second kappa shape index (κ2) is 10.4. The second-order valence-electron chi connectivity index (χ2n) is 8.25. The van der Waals surface area contributed by atoms with Crippen LogP contribution in [0.3, 0.4) is 0 Å². The van der Waals surface area contributed by atoms with E-state index in [2.05, 4.69) is 29.2 Å². The van der Waals surface area contributed by atoms with Gasteiger partial charge in [-0.3, -0.25) is 9.48 Å². The van der Waals surface area contributed by atoms with Crippen molar-refractivity contribution >= 4 is 21.6 Å². The number of para-hydroxylation sites is 2. The van der Waals surface area contributed by atoms with Crippen LogP contribution in [-0.2, 0) is 17.1 Å². The van der Waals surface area contributed by atoms with Crippen LogP contribution >= 0.6 is 0 Å². The SMILES string of the molecule is CCOc1ccccc1N1CCN(S(=O)(=O)c2nn(C)cc2C(=O)NCCC(C)C)CC1. The molecule has 9 nitrogen and oxygen atoms in total. The first-order valence-corrected chi connectivity index (χ1v) is 12.5. The Morgan fingerprint density at radius 3 is 2.53 bits per heavy atom. The Hall–Kier alpha value is -2.59. The molecule has 0 atom stereocenters. The van der Waals surface area contributed by atoms with Gasteiger partial charge in [0.1, 0.15) is 5.75 Å². The van der Waals surface area contributed by atoms with E-state index in [1.165, 1.54) is 15.2 Å². The molecule has 176 valence electrons. The number of anilines is 1. The zero-order valence-electron chi connectivity index (χ0n) is 19.2. The molecule has 1 aromatic heterocycles. The molecule has 1 aliphatic rings. The third-order valence-corrected chi connectivity index (χ3v) is 7.21. The average molecular weight is 464 g/mol. The number of carbonyl (C=O) groups excluding carboxylic acids is 1. The number of nitrogens with zero attached hydrogens (tertiary/aromatic N) is 4. The monoisotopic (exact) mass is 463 g/mol. The van der Waals surface area contributed by atoms with Crippen molar-refractivity contribution in [2.24, 2.45) is 13.0 Å². The van der Waals surface area contributed by atoms with Crippen LogP contribution in [0.2, 0.25) is 0 Å². The zero-order valence-corrected chi connectivity index (χ0v) is 20.1. The Morgan fingerprint density at radius 2 is 1.88 bits per heavy atom. The fourth-order valence-electron chi connectivity index (χ4n) is 3.67. The number of hydrogen-bond donors (Lipinski definition) is 1. The predicted molar refractivity (Wildman–Crippen MR) is 124 cm³/mol. The number of sulfonamides is 1. The van der Waals surface area contributed by atoms with E-state index >= 15 is 0 Å². The molecule has 10 heteroatoms. The largest absolute Gasteiger partial charge is 0.492 e. The molecule has 0 saturated carbocycles. The van der Waals surface area contributed by atoms with Crippen LogP contribution in [0, 0.1) is 5.92 Å². The van der Waals surface area contributed by atoms with Crippen molar-refractivity contribution < 1.29 is 17.9 Å². The van der Waals surface area contributed by atoms with Gasteiger partial charge in [0.15, 0.2) is 0 Å². The summed E-state index contributed by atoms with van der Waals surface area (Å²) in [6, 6.07) is 7.76. The number of nitrogens with one attached hydrogen (secondary N) is 1. The van der Waals surface area contributed by atoms with Gasteiger partial charge in [-0.15, -0.1) is 0 Å². The molecule has 3 rings (SSSR count). The summed E-state index contributed by atoms with van der Waals surface area (Å²) in [5, 5.41) is 6.75. The first-order chi connectivity index (χ1) is 15.2. The van der Waals surface area contributed by atoms with Crippen LogP contribution in [0.4, 0.5) is 5.69 Å². The highest BCUT2D eigenvalue weighted by atomic mass is 32.2. The number of ether oxygens (including phenoxy) is 1. The van der Waals surface area contributed by atoms with Crippen molar-refractivity contribution in [3.8, 4) is 5.75 Å². The van der Waals surface area contributed by atoms with Crippen molar-refractivity contribution in [3.05, 3.63) is 36.0 Å². The summed E-state index contributed by atoms with van der Waals surface area (Å²) < 4.78 is 35.2. The number of benzene rings is 1. The van der Waals surface area contributed by atoms with E-state index in [4.69, 9.17) is 4.74 Å². The Morgan fingerprint density at radius 1 is 1.19 bits per heavy atom. The maximum atomic E-state index is 13.3. The minimum atomic E-state index is -3.90. The summed E-state index contributed by atoms with van der Waals surface area (Å²) >= 11 is 0. The van der Waals surface area contributed by atoms with Crippen LogP contribution in [0.25, 0.3) is 0 Å². The van der Waals surface area contributed by atoms with E-state index in [9.17, 15) is 13.2 Å². The molecule has 1 saturated heterocycles. The van der Waals surface area contributed by atoms with Gasteiger partial charge in [0.25, 0.3) is 15.9 Å². The Kier molecular flexibility index (Phi) is 7.78. The fourth-order valence-corrected chi connectivity index (χ4v) is 5.22. The van der Waals surface area contributed by atoms with Crippen molar-refractivity contribution in [2.45, 2.75) is 32.2 Å². The summed E-state index contributed by atoms with van der Waals surface area (Å²) in [5.41, 5.74) is 1.04. The average Bonchev–Trinajstić information content (AvgIpc) is 3.17. The lowest BCUT2D eigenvalue weighted by atomic mass is 10.1. The fraction of sp³-hybridized carbons (Fsp3) is 0.545. The van der Waals surface area contributed by atoms with Crippen LogP contribution in [0.15, 0.2) is 35.5 Å². The van der Waals surface area contributed by atoms with Gasteiger partial charge in [0, 0.05) is 46.0 Å². The van der Waals surface area contributed by atoms with Gasteiger partial charge < -0.3 is 15.0 Å². The summed E-state index contributed by atoms with van der Waals surface area (Å²) in [6.45, 7) is 8.76. The molecule has 0 spiro atoms. The minimum absolute atomic E-state index is 0.0837. The van der Waals surface area contributed by atoms with E-state index in [0.717, 1.165) is 17.9 Å². The molecule has 0 bridgehead atoms. The number of aromatic nitrogens is 2. The molecule has 0 aliphatic carbocycles. The Bertz CT molecular complexity index is 1030. The Balaban J connectivity index is 1.73. The molecule has 0 unspecified atom stereocenters. The van der Waals surface area contributed by atoms with Crippen molar-refractivity contribution in [3.63, 3.8) is 0 Å². The number of hydrogen-bond acceptors (Lipinski definition) is 6. The van der Waals surface area contributed by atoms with Gasteiger partial charge in [0.2, 0.25) is 5.03 Å². The topological polar surface area (TPSA) is 96.8 Å². The molecule has 1 fully saturated rings. The van der Waals surface area contributed by atoms with Crippen molar-refractivity contribution in [1.29, 1.82) is 0 Å². The molecule has 1 aliphatic heterocycles. The van der Waals surface area contributed by atoms with Gasteiger partial charge in [-0.05, 0) is 31.4 Å². The zero-order chi connectivity index (χ0) is 23.3. The lowest BCUT2D eigenvalue weighted by molar-refractivity contribution is 0.0948. The molecular weight excluding hydrogens is 430 g/mol. The molecule has 0 radical (unpaired) electrons. The molecule has 1 N–H and O–H groups in total. The Labute approximate surface area is 190 Å². The van der Waals surface area contributed by atoms with E-state index in [0.29, 0.717) is 45.2 Å². The van der Waals surface area contributed by atoms with Crippen LogP contribution in [-0.4, -0.2) is 67.7 Å². The van der Waals surface area contributed by atoms with Crippen LogP contribution in [0.5, 0.6) is 5.75 Å². The number of rotatable bonds is 9. The first kappa shape index (κ1) is 24.1.